The van der Waals surface area contributed by atoms with Crippen molar-refractivity contribution in [2.75, 3.05) is 18.5 Å². The summed E-state index contributed by atoms with van der Waals surface area (Å²) in [5.41, 5.74) is 3.60. The first-order valence-corrected chi connectivity index (χ1v) is 16.6. The number of unbranched alkanes of at least 4 members (excludes halogenated alkanes) is 2. The van der Waals surface area contributed by atoms with Crippen LogP contribution >= 0.6 is 0 Å². The molecular weight excluding hydrogens is 558 g/mol. The van der Waals surface area contributed by atoms with Gasteiger partial charge in [-0.25, -0.2) is 8.42 Å². The van der Waals surface area contributed by atoms with E-state index in [1.165, 1.54) is 19.3 Å². The van der Waals surface area contributed by atoms with Gasteiger partial charge in [0.05, 0.1) is 27.7 Å². The van der Waals surface area contributed by atoms with Crippen molar-refractivity contribution in [1.29, 1.82) is 0 Å². The van der Waals surface area contributed by atoms with Gasteiger partial charge in [0.25, 0.3) is 0 Å². The van der Waals surface area contributed by atoms with Gasteiger partial charge in [0.2, 0.25) is 15.7 Å². The van der Waals surface area contributed by atoms with E-state index in [4.69, 9.17) is 4.74 Å². The van der Waals surface area contributed by atoms with Crippen molar-refractivity contribution in [2.45, 2.75) is 80.9 Å². The molecule has 1 saturated heterocycles. The summed E-state index contributed by atoms with van der Waals surface area (Å²) in [5, 5.41) is 2.89. The normalized spacial score (nSPS) is 16.5. The van der Waals surface area contributed by atoms with Crippen molar-refractivity contribution in [2.24, 2.45) is 4.99 Å². The van der Waals surface area contributed by atoms with Crippen LogP contribution in [0.25, 0.3) is 0 Å². The number of anilines is 1. The molecule has 1 fully saturated rings. The molecule has 1 heterocycles. The minimum atomic E-state index is -3.68. The number of carbonyl (C=O) groups is 1. The molecule has 3 aromatic rings. The highest BCUT2D eigenvalue weighted by atomic mass is 32.2. The van der Waals surface area contributed by atoms with Gasteiger partial charge in [-0.1, -0.05) is 62.6 Å². The van der Waals surface area contributed by atoms with Crippen LogP contribution in [-0.4, -0.2) is 46.3 Å². The van der Waals surface area contributed by atoms with Crippen LogP contribution in [0.2, 0.25) is 0 Å². The summed E-state index contributed by atoms with van der Waals surface area (Å²) in [7, 11) is -1.63. The average molecular weight is 602 g/mol. The molecule has 0 spiro atoms. The summed E-state index contributed by atoms with van der Waals surface area (Å²) < 4.78 is 32.0. The van der Waals surface area contributed by atoms with Crippen LogP contribution in [0.4, 0.5) is 11.4 Å². The van der Waals surface area contributed by atoms with Gasteiger partial charge in [0.1, 0.15) is 0 Å². The lowest BCUT2D eigenvalue weighted by Gasteiger charge is -2.16. The highest BCUT2D eigenvalue weighted by molar-refractivity contribution is 7.91. The second kappa shape index (κ2) is 15.6. The summed E-state index contributed by atoms with van der Waals surface area (Å²) >= 11 is 0. The van der Waals surface area contributed by atoms with E-state index in [-0.39, 0.29) is 15.7 Å². The van der Waals surface area contributed by atoms with Gasteiger partial charge in [-0.2, -0.15) is 0 Å². The fraction of sp³-hybridized carbons (Fsp3) is 0.371. The lowest BCUT2D eigenvalue weighted by atomic mass is 10.1. The van der Waals surface area contributed by atoms with Crippen LogP contribution in [0.5, 0.6) is 0 Å². The Hall–Kier alpha value is -3.75. The van der Waals surface area contributed by atoms with E-state index in [0.717, 1.165) is 36.2 Å². The fourth-order valence-corrected chi connectivity index (χ4v) is 5.97. The Balaban J connectivity index is 1.22. The van der Waals surface area contributed by atoms with E-state index < -0.39 is 9.84 Å². The minimum absolute atomic E-state index is 0.0759. The van der Waals surface area contributed by atoms with E-state index in [2.05, 4.69) is 29.1 Å². The van der Waals surface area contributed by atoms with Crippen molar-refractivity contribution >= 4 is 33.3 Å². The third-order valence-electron chi connectivity index (χ3n) is 7.66. The van der Waals surface area contributed by atoms with E-state index in [1.807, 2.05) is 43.5 Å². The van der Waals surface area contributed by atoms with Crippen LogP contribution < -0.4 is 10.2 Å². The molecule has 1 N–H and O–H groups in total. The van der Waals surface area contributed by atoms with Crippen molar-refractivity contribution < 1.29 is 17.9 Å². The molecule has 4 rings (SSSR count). The van der Waals surface area contributed by atoms with Gasteiger partial charge in [0, 0.05) is 38.5 Å². The number of sulfone groups is 1. The quantitative estimate of drug-likeness (QED) is 0.0824. The van der Waals surface area contributed by atoms with Crippen LogP contribution in [0.1, 0.15) is 63.5 Å². The molecule has 0 bridgehead atoms. The fourth-order valence-electron chi connectivity index (χ4n) is 4.71. The maximum absolute atomic E-state index is 13.2. The Morgan fingerprint density at radius 3 is 2.23 bits per heavy atom. The number of nitrogens with one attached hydrogen (secondary N) is 1. The Bertz CT molecular complexity index is 1480. The largest absolute Gasteiger partial charge is 0.375 e. The summed E-state index contributed by atoms with van der Waals surface area (Å²) in [5.74, 6) is -0.0759. The van der Waals surface area contributed by atoms with Crippen LogP contribution in [-0.2, 0) is 25.9 Å². The highest BCUT2D eigenvalue weighted by Crippen LogP contribution is 2.30. The van der Waals surface area contributed by atoms with Gasteiger partial charge in [0.15, 0.2) is 0 Å². The third kappa shape index (κ3) is 9.63. The molecule has 1 amide bonds. The van der Waals surface area contributed by atoms with Gasteiger partial charge >= 0.3 is 0 Å². The first-order valence-electron chi connectivity index (χ1n) is 15.2. The predicted octanol–water partition coefficient (Wildman–Crippen LogP) is 7.03. The zero-order valence-corrected chi connectivity index (χ0v) is 26.2. The lowest BCUT2D eigenvalue weighted by molar-refractivity contribution is -0.120. The molecule has 0 aliphatic carbocycles. The predicted molar refractivity (Wildman–Crippen MR) is 174 cm³/mol. The first-order chi connectivity index (χ1) is 20.8. The number of rotatable bonds is 16. The summed E-state index contributed by atoms with van der Waals surface area (Å²) in [6, 6.07) is 21.3. The monoisotopic (exact) mass is 601 g/mol. The number of aliphatic imine (C=N–C) groups is 1. The second-order valence-electron chi connectivity index (χ2n) is 10.9. The number of benzene rings is 3. The van der Waals surface area contributed by atoms with E-state index >= 15 is 0 Å². The zero-order chi connectivity index (χ0) is 30.7. The summed E-state index contributed by atoms with van der Waals surface area (Å²) in [6.07, 6.45) is 12.3. The molecule has 2 unspecified atom stereocenters. The SMILES string of the molecule is CCCCCC1OC1C/C=C/CC(=O)NCc1ccc(S(=O)(=O)c2ccc(/N=C/c3ccc(N(C)CC)cc3)cc2)cc1. The van der Waals surface area contributed by atoms with Gasteiger partial charge in [-0.3, -0.25) is 9.79 Å². The van der Waals surface area contributed by atoms with Crippen molar-refractivity contribution in [3.05, 3.63) is 96.1 Å². The molecule has 3 aromatic carbocycles. The topological polar surface area (TPSA) is 91.4 Å². The zero-order valence-electron chi connectivity index (χ0n) is 25.4. The molecule has 2 atom stereocenters. The molecule has 0 radical (unpaired) electrons. The third-order valence-corrected chi connectivity index (χ3v) is 9.44. The van der Waals surface area contributed by atoms with Gasteiger partial charge in [-0.15, -0.1) is 0 Å². The smallest absolute Gasteiger partial charge is 0.224 e. The maximum atomic E-state index is 13.2. The number of nitrogens with zero attached hydrogens (tertiary/aromatic N) is 2. The molecule has 1 aliphatic heterocycles. The van der Waals surface area contributed by atoms with E-state index in [1.54, 1.807) is 54.7 Å². The van der Waals surface area contributed by atoms with Crippen molar-refractivity contribution in [3.63, 3.8) is 0 Å². The Morgan fingerprint density at radius 2 is 1.58 bits per heavy atom. The Labute approximate surface area is 256 Å². The van der Waals surface area contributed by atoms with Crippen LogP contribution in [0.3, 0.4) is 0 Å². The van der Waals surface area contributed by atoms with Gasteiger partial charge in [-0.05, 0) is 79.4 Å². The van der Waals surface area contributed by atoms with E-state index in [9.17, 15) is 13.2 Å². The minimum Gasteiger partial charge on any atom is -0.375 e. The molecule has 7 nitrogen and oxygen atoms in total. The maximum Gasteiger partial charge on any atom is 0.224 e. The average Bonchev–Trinajstić information content (AvgIpc) is 3.79. The molecule has 8 heteroatoms. The van der Waals surface area contributed by atoms with Crippen molar-refractivity contribution in [1.82, 2.24) is 5.32 Å². The number of carbonyl (C=O) groups excluding carboxylic acids is 1. The number of hydrogen-bond acceptors (Lipinski definition) is 6. The molecule has 43 heavy (non-hydrogen) atoms. The van der Waals surface area contributed by atoms with Crippen molar-refractivity contribution in [3.8, 4) is 0 Å². The van der Waals surface area contributed by atoms with Gasteiger partial charge < -0.3 is 15.0 Å². The Kier molecular flexibility index (Phi) is 11.7. The first kappa shape index (κ1) is 32.2. The number of amides is 1. The Morgan fingerprint density at radius 1 is 0.907 bits per heavy atom. The molecule has 228 valence electrons. The number of ether oxygens (including phenoxy) is 1. The number of epoxide rings is 1. The lowest BCUT2D eigenvalue weighted by Crippen LogP contribution is -2.21. The second-order valence-corrected chi connectivity index (χ2v) is 12.9. The van der Waals surface area contributed by atoms with E-state index in [0.29, 0.717) is 30.9 Å². The highest BCUT2D eigenvalue weighted by Gasteiger charge is 2.36. The molecule has 0 saturated carbocycles. The number of hydrogen-bond donors (Lipinski definition) is 1. The summed E-state index contributed by atoms with van der Waals surface area (Å²) in [6.45, 7) is 5.57. The van der Waals surface area contributed by atoms with Crippen LogP contribution in [0, 0.1) is 0 Å². The standard InChI is InChI=1S/C35H43N3O4S/c1-4-6-7-10-33-34(42-33)11-8-9-12-35(39)37-26-28-15-21-31(22-16-28)43(40,41)32-23-17-29(18-24-32)36-25-27-13-19-30(20-14-27)38(3)5-2/h8-9,13-25,33-34H,4-7,10-12,26H2,1-3H3,(H,37,39)/b9-8+,36-25+. The molecular formula is C35H43N3O4S. The molecule has 0 aromatic heterocycles. The molecule has 1 aliphatic rings. The summed E-state index contributed by atoms with van der Waals surface area (Å²) in [4.78, 5) is 19.3. The van der Waals surface area contributed by atoms with Crippen LogP contribution in [0.15, 0.2) is 99.7 Å².